The first-order chi connectivity index (χ1) is 14.1. The monoisotopic (exact) mass is 395 g/mol. The highest BCUT2D eigenvalue weighted by Gasteiger charge is 2.19. The summed E-state index contributed by atoms with van der Waals surface area (Å²) in [6.07, 6.45) is 2.94. The number of carbonyl (C=O) groups is 3. The number of benzene rings is 1. The molecule has 0 radical (unpaired) electrons. The van der Waals surface area contributed by atoms with Crippen molar-refractivity contribution in [3.63, 3.8) is 0 Å². The van der Waals surface area contributed by atoms with Crippen LogP contribution in [0, 0.1) is 0 Å². The summed E-state index contributed by atoms with van der Waals surface area (Å²) in [4.78, 5) is 38.3. The molecule has 0 bridgehead atoms. The molecular formula is C21H21N3O5. The number of hydrogen-bond acceptors (Lipinski definition) is 5. The second-order valence-electron chi connectivity index (χ2n) is 6.23. The molecule has 29 heavy (non-hydrogen) atoms. The van der Waals surface area contributed by atoms with Gasteiger partial charge in [0.05, 0.1) is 19.1 Å². The van der Waals surface area contributed by atoms with Crippen molar-refractivity contribution in [2.24, 2.45) is 0 Å². The summed E-state index contributed by atoms with van der Waals surface area (Å²) < 4.78 is 10.3. The third kappa shape index (κ3) is 6.10. The molecule has 0 saturated heterocycles. The van der Waals surface area contributed by atoms with E-state index in [-0.39, 0.29) is 43.6 Å². The van der Waals surface area contributed by atoms with Gasteiger partial charge in [0.2, 0.25) is 11.8 Å². The lowest BCUT2D eigenvalue weighted by molar-refractivity contribution is -0.135. The molecule has 2 heterocycles. The van der Waals surface area contributed by atoms with E-state index >= 15 is 0 Å². The van der Waals surface area contributed by atoms with Gasteiger partial charge in [0.1, 0.15) is 12.3 Å². The van der Waals surface area contributed by atoms with Gasteiger partial charge in [-0.3, -0.25) is 14.4 Å². The quantitative estimate of drug-likeness (QED) is 0.580. The molecule has 0 aliphatic heterocycles. The number of nitrogens with zero attached hydrogens (tertiary/aromatic N) is 1. The average Bonchev–Trinajstić information content (AvgIpc) is 3.42. The van der Waals surface area contributed by atoms with Crippen molar-refractivity contribution in [1.82, 2.24) is 10.2 Å². The van der Waals surface area contributed by atoms with Crippen molar-refractivity contribution in [3.05, 3.63) is 78.6 Å². The van der Waals surface area contributed by atoms with Gasteiger partial charge in [-0.2, -0.15) is 0 Å². The van der Waals surface area contributed by atoms with E-state index in [2.05, 4.69) is 10.6 Å². The van der Waals surface area contributed by atoms with Crippen LogP contribution in [0.5, 0.6) is 0 Å². The van der Waals surface area contributed by atoms with E-state index in [1.54, 1.807) is 30.3 Å². The summed E-state index contributed by atoms with van der Waals surface area (Å²) >= 11 is 0. The van der Waals surface area contributed by atoms with Gasteiger partial charge in [-0.1, -0.05) is 18.2 Å². The van der Waals surface area contributed by atoms with Crippen molar-refractivity contribution in [2.75, 3.05) is 18.4 Å². The first-order valence-corrected chi connectivity index (χ1v) is 9.08. The number of amides is 3. The Kier molecular flexibility index (Phi) is 6.83. The molecule has 8 nitrogen and oxygen atoms in total. The molecule has 0 aliphatic rings. The zero-order valence-corrected chi connectivity index (χ0v) is 15.7. The Morgan fingerprint density at radius 3 is 2.34 bits per heavy atom. The molecule has 2 aromatic heterocycles. The molecule has 0 atom stereocenters. The van der Waals surface area contributed by atoms with Gasteiger partial charge in [0, 0.05) is 18.7 Å². The number of hydrogen-bond donors (Lipinski definition) is 2. The molecule has 8 heteroatoms. The minimum Gasteiger partial charge on any atom is -0.467 e. The van der Waals surface area contributed by atoms with E-state index in [1.165, 1.54) is 23.5 Å². The number of para-hydroxylation sites is 1. The van der Waals surface area contributed by atoms with E-state index in [1.807, 2.05) is 18.2 Å². The summed E-state index contributed by atoms with van der Waals surface area (Å²) in [7, 11) is 0. The van der Waals surface area contributed by atoms with Gasteiger partial charge >= 0.3 is 0 Å². The maximum absolute atomic E-state index is 12.7. The first kappa shape index (κ1) is 19.9. The Morgan fingerprint density at radius 2 is 1.66 bits per heavy atom. The Hall–Kier alpha value is -3.81. The van der Waals surface area contributed by atoms with Crippen LogP contribution >= 0.6 is 0 Å². The standard InChI is InChI=1S/C21H21N3O5/c25-19(23-16-6-2-1-3-7-16)15-24(14-17-8-4-12-28-17)20(26)10-11-22-21(27)18-9-5-13-29-18/h1-9,12-13H,10-11,14-15H2,(H,22,27)(H,23,25). The van der Waals surface area contributed by atoms with Gasteiger partial charge in [0.15, 0.2) is 5.76 Å². The Labute approximate surface area is 167 Å². The molecule has 0 fully saturated rings. The number of rotatable bonds is 9. The van der Waals surface area contributed by atoms with Crippen LogP contribution in [0.1, 0.15) is 22.7 Å². The fraction of sp³-hybridized carbons (Fsp3) is 0.190. The second-order valence-corrected chi connectivity index (χ2v) is 6.23. The fourth-order valence-corrected chi connectivity index (χ4v) is 2.65. The zero-order chi connectivity index (χ0) is 20.5. The van der Waals surface area contributed by atoms with Crippen LogP contribution in [0.2, 0.25) is 0 Å². The minimum absolute atomic E-state index is 0.0335. The molecule has 3 aromatic rings. The van der Waals surface area contributed by atoms with Crippen molar-refractivity contribution < 1.29 is 23.2 Å². The van der Waals surface area contributed by atoms with Crippen LogP contribution in [0.15, 0.2) is 76.0 Å². The molecule has 3 rings (SSSR count). The van der Waals surface area contributed by atoms with Crippen molar-refractivity contribution >= 4 is 23.4 Å². The normalized spacial score (nSPS) is 10.3. The molecule has 0 spiro atoms. The maximum Gasteiger partial charge on any atom is 0.286 e. The van der Waals surface area contributed by atoms with Gasteiger partial charge < -0.3 is 24.4 Å². The Morgan fingerprint density at radius 1 is 0.897 bits per heavy atom. The number of carbonyl (C=O) groups excluding carboxylic acids is 3. The number of furan rings is 2. The molecule has 0 saturated carbocycles. The van der Waals surface area contributed by atoms with Gasteiger partial charge in [0.25, 0.3) is 5.91 Å². The maximum atomic E-state index is 12.7. The van der Waals surface area contributed by atoms with E-state index in [0.29, 0.717) is 11.4 Å². The van der Waals surface area contributed by atoms with E-state index in [0.717, 1.165) is 0 Å². The first-order valence-electron chi connectivity index (χ1n) is 9.08. The van der Waals surface area contributed by atoms with Crippen LogP contribution in [0.3, 0.4) is 0 Å². The van der Waals surface area contributed by atoms with Crippen molar-refractivity contribution in [3.8, 4) is 0 Å². The average molecular weight is 395 g/mol. The smallest absolute Gasteiger partial charge is 0.286 e. The largest absolute Gasteiger partial charge is 0.467 e. The second kappa shape index (κ2) is 9.93. The lowest BCUT2D eigenvalue weighted by atomic mass is 10.3. The lowest BCUT2D eigenvalue weighted by Gasteiger charge is -2.21. The topological polar surface area (TPSA) is 105 Å². The lowest BCUT2D eigenvalue weighted by Crippen LogP contribution is -2.39. The minimum atomic E-state index is -0.401. The molecule has 3 amide bonds. The van der Waals surface area contributed by atoms with Crippen molar-refractivity contribution in [1.29, 1.82) is 0 Å². The Balaban J connectivity index is 1.56. The van der Waals surface area contributed by atoms with Crippen LogP contribution < -0.4 is 10.6 Å². The highest BCUT2D eigenvalue weighted by molar-refractivity contribution is 5.95. The number of anilines is 1. The molecular weight excluding hydrogens is 374 g/mol. The highest BCUT2D eigenvalue weighted by Crippen LogP contribution is 2.09. The molecule has 0 unspecified atom stereocenters. The summed E-state index contributed by atoms with van der Waals surface area (Å²) in [5, 5.41) is 5.37. The van der Waals surface area contributed by atoms with Crippen LogP contribution in [0.25, 0.3) is 0 Å². The van der Waals surface area contributed by atoms with E-state index in [9.17, 15) is 14.4 Å². The SMILES string of the molecule is O=C(CN(Cc1ccco1)C(=O)CCNC(=O)c1ccco1)Nc1ccccc1. The van der Waals surface area contributed by atoms with E-state index < -0.39 is 5.91 Å². The highest BCUT2D eigenvalue weighted by atomic mass is 16.3. The Bertz CT molecular complexity index is 921. The predicted molar refractivity (Wildman–Crippen MR) is 105 cm³/mol. The fourth-order valence-electron chi connectivity index (χ4n) is 2.65. The summed E-state index contributed by atoms with van der Waals surface area (Å²) in [6.45, 7) is 0.133. The zero-order valence-electron chi connectivity index (χ0n) is 15.7. The van der Waals surface area contributed by atoms with Gasteiger partial charge in [-0.15, -0.1) is 0 Å². The molecule has 2 N–H and O–H groups in total. The molecule has 1 aromatic carbocycles. The number of nitrogens with one attached hydrogen (secondary N) is 2. The van der Waals surface area contributed by atoms with E-state index in [4.69, 9.17) is 8.83 Å². The third-order valence-electron chi connectivity index (χ3n) is 4.04. The van der Waals surface area contributed by atoms with Gasteiger partial charge in [-0.05, 0) is 36.4 Å². The third-order valence-corrected chi connectivity index (χ3v) is 4.04. The molecule has 0 aliphatic carbocycles. The predicted octanol–water partition coefficient (Wildman–Crippen LogP) is 2.66. The van der Waals surface area contributed by atoms with Crippen molar-refractivity contribution in [2.45, 2.75) is 13.0 Å². The van der Waals surface area contributed by atoms with Crippen LogP contribution in [-0.4, -0.2) is 35.7 Å². The van der Waals surface area contributed by atoms with Crippen LogP contribution in [0.4, 0.5) is 5.69 Å². The summed E-state index contributed by atoms with van der Waals surface area (Å²) in [5.74, 6) is -0.278. The molecule has 150 valence electrons. The van der Waals surface area contributed by atoms with Crippen LogP contribution in [-0.2, 0) is 16.1 Å². The van der Waals surface area contributed by atoms with Gasteiger partial charge in [-0.25, -0.2) is 0 Å². The summed E-state index contributed by atoms with van der Waals surface area (Å²) in [5.41, 5.74) is 0.647. The summed E-state index contributed by atoms with van der Waals surface area (Å²) in [6, 6.07) is 15.6.